The second-order valence-corrected chi connectivity index (χ2v) is 9.14. The molecule has 10 nitrogen and oxygen atoms in total. The van der Waals surface area contributed by atoms with E-state index in [-0.39, 0.29) is 19.8 Å². The van der Waals surface area contributed by atoms with Gasteiger partial charge < -0.3 is 23.7 Å². The first-order chi connectivity index (χ1) is 15.6. The molecule has 33 heavy (non-hydrogen) atoms. The standard InChI is InChI=1S/C23H28N2O8/c1-6-15-16-11-24(9-13(16)7-18-19(15)31-12-30-18)21(27)32-14-8-17(20(26)29-5)25(10-14)22(28)33-23(2,3)4/h6-7,14,17H,1,8-12H2,2-5H3/t14-,17+/m1/s1. The van der Waals surface area contributed by atoms with Crippen molar-refractivity contribution in [2.24, 2.45) is 0 Å². The van der Waals surface area contributed by atoms with Crippen molar-refractivity contribution in [3.63, 3.8) is 0 Å². The first-order valence-electron chi connectivity index (χ1n) is 10.7. The van der Waals surface area contributed by atoms with Crippen LogP contribution >= 0.6 is 0 Å². The van der Waals surface area contributed by atoms with E-state index in [0.717, 1.165) is 16.7 Å². The van der Waals surface area contributed by atoms with Crippen molar-refractivity contribution in [3.05, 3.63) is 29.3 Å². The molecular formula is C23H28N2O8. The minimum Gasteiger partial charge on any atom is -0.467 e. The number of benzene rings is 1. The summed E-state index contributed by atoms with van der Waals surface area (Å²) in [5.74, 6) is 0.672. The molecule has 0 spiro atoms. The van der Waals surface area contributed by atoms with E-state index in [4.69, 9.17) is 23.7 Å². The third-order valence-electron chi connectivity index (χ3n) is 5.71. The molecule has 1 aromatic rings. The molecule has 2 atom stereocenters. The summed E-state index contributed by atoms with van der Waals surface area (Å²) in [6.07, 6.45) is -0.0455. The Morgan fingerprint density at radius 1 is 1.18 bits per heavy atom. The van der Waals surface area contributed by atoms with Crippen molar-refractivity contribution >= 4 is 24.2 Å². The highest BCUT2D eigenvalue weighted by Crippen LogP contribution is 2.43. The van der Waals surface area contributed by atoms with Gasteiger partial charge in [-0.05, 0) is 38.0 Å². The largest absolute Gasteiger partial charge is 0.467 e. The van der Waals surface area contributed by atoms with Gasteiger partial charge in [0.2, 0.25) is 6.79 Å². The summed E-state index contributed by atoms with van der Waals surface area (Å²) in [6, 6.07) is 0.980. The minimum atomic E-state index is -0.886. The molecule has 0 aromatic heterocycles. The van der Waals surface area contributed by atoms with Crippen LogP contribution < -0.4 is 9.47 Å². The molecule has 3 aliphatic heterocycles. The minimum absolute atomic E-state index is 0.0368. The van der Waals surface area contributed by atoms with Crippen LogP contribution in [0.3, 0.4) is 0 Å². The Bertz CT molecular complexity index is 999. The monoisotopic (exact) mass is 460 g/mol. The lowest BCUT2D eigenvalue weighted by Gasteiger charge is -2.27. The average Bonchev–Trinajstić information content (AvgIpc) is 3.47. The van der Waals surface area contributed by atoms with E-state index in [0.29, 0.717) is 24.6 Å². The molecule has 2 amide bonds. The Kier molecular flexibility index (Phi) is 5.85. The Morgan fingerprint density at radius 2 is 1.94 bits per heavy atom. The van der Waals surface area contributed by atoms with Crippen molar-refractivity contribution < 1.29 is 38.1 Å². The van der Waals surface area contributed by atoms with Crippen molar-refractivity contribution in [1.29, 1.82) is 0 Å². The van der Waals surface area contributed by atoms with Gasteiger partial charge in [0.1, 0.15) is 17.7 Å². The second kappa shape index (κ2) is 8.49. The van der Waals surface area contributed by atoms with E-state index in [9.17, 15) is 14.4 Å². The van der Waals surface area contributed by atoms with Crippen LogP contribution in [0.4, 0.5) is 9.59 Å². The summed E-state index contributed by atoms with van der Waals surface area (Å²) < 4.78 is 26.9. The molecule has 10 heteroatoms. The van der Waals surface area contributed by atoms with E-state index in [1.807, 2.05) is 6.07 Å². The molecule has 1 fully saturated rings. The number of hydrogen-bond donors (Lipinski definition) is 0. The summed E-state index contributed by atoms with van der Waals surface area (Å²) in [5, 5.41) is 0. The quantitative estimate of drug-likeness (QED) is 0.501. The lowest BCUT2D eigenvalue weighted by Crippen LogP contribution is -2.44. The molecule has 3 heterocycles. The van der Waals surface area contributed by atoms with Gasteiger partial charge in [-0.1, -0.05) is 12.7 Å². The lowest BCUT2D eigenvalue weighted by molar-refractivity contribution is -0.145. The number of likely N-dealkylation sites (tertiary alicyclic amines) is 1. The lowest BCUT2D eigenvalue weighted by atomic mass is 10.0. The number of ether oxygens (including phenoxy) is 5. The Hall–Kier alpha value is -3.43. The predicted molar refractivity (Wildman–Crippen MR) is 116 cm³/mol. The van der Waals surface area contributed by atoms with E-state index in [1.165, 1.54) is 12.0 Å². The number of fused-ring (bicyclic) bond motifs is 2. The smallest absolute Gasteiger partial charge is 0.411 e. The first-order valence-corrected chi connectivity index (χ1v) is 10.7. The zero-order valence-electron chi connectivity index (χ0n) is 19.2. The maximum Gasteiger partial charge on any atom is 0.411 e. The highest BCUT2D eigenvalue weighted by Gasteiger charge is 2.44. The number of methoxy groups -OCH3 is 1. The fourth-order valence-electron chi connectivity index (χ4n) is 4.27. The summed E-state index contributed by atoms with van der Waals surface area (Å²) in [7, 11) is 1.25. The van der Waals surface area contributed by atoms with Crippen LogP contribution in [0.2, 0.25) is 0 Å². The summed E-state index contributed by atoms with van der Waals surface area (Å²) in [5.41, 5.74) is 1.93. The Balaban J connectivity index is 1.44. The number of hydrogen-bond acceptors (Lipinski definition) is 8. The first kappa shape index (κ1) is 22.8. The van der Waals surface area contributed by atoms with Crippen LogP contribution in [0, 0.1) is 0 Å². The topological polar surface area (TPSA) is 104 Å². The fraction of sp³-hybridized carbons (Fsp3) is 0.522. The molecule has 3 aliphatic rings. The van der Waals surface area contributed by atoms with Gasteiger partial charge >= 0.3 is 18.2 Å². The van der Waals surface area contributed by atoms with Crippen LogP contribution in [0.25, 0.3) is 6.08 Å². The van der Waals surface area contributed by atoms with Crippen molar-refractivity contribution in [2.75, 3.05) is 20.4 Å². The van der Waals surface area contributed by atoms with Crippen LogP contribution in [0.15, 0.2) is 12.6 Å². The third kappa shape index (κ3) is 4.42. The number of amides is 2. The number of carbonyl (C=O) groups is 3. The molecule has 4 rings (SSSR count). The van der Waals surface area contributed by atoms with E-state index < -0.39 is 35.9 Å². The van der Waals surface area contributed by atoms with E-state index in [1.54, 1.807) is 31.7 Å². The molecular weight excluding hydrogens is 432 g/mol. The number of rotatable bonds is 3. The van der Waals surface area contributed by atoms with E-state index >= 15 is 0 Å². The molecule has 0 aliphatic carbocycles. The van der Waals surface area contributed by atoms with Gasteiger partial charge in [-0.3, -0.25) is 9.80 Å². The zero-order chi connectivity index (χ0) is 23.9. The number of nitrogens with zero attached hydrogens (tertiary/aromatic N) is 2. The van der Waals surface area contributed by atoms with Gasteiger partial charge in [0, 0.05) is 18.5 Å². The maximum absolute atomic E-state index is 12.9. The maximum atomic E-state index is 12.9. The van der Waals surface area contributed by atoms with Crippen molar-refractivity contribution in [3.8, 4) is 11.5 Å². The number of esters is 1. The molecule has 0 bridgehead atoms. The molecule has 178 valence electrons. The molecule has 0 saturated carbocycles. The normalized spacial score (nSPS) is 21.0. The van der Waals surface area contributed by atoms with Crippen LogP contribution in [0.1, 0.15) is 43.9 Å². The average molecular weight is 460 g/mol. The van der Waals surface area contributed by atoms with Crippen LogP contribution in [-0.4, -0.2) is 66.1 Å². The third-order valence-corrected chi connectivity index (χ3v) is 5.71. The molecule has 0 unspecified atom stereocenters. The van der Waals surface area contributed by atoms with Crippen molar-refractivity contribution in [2.45, 2.75) is 58.0 Å². The summed E-state index contributed by atoms with van der Waals surface area (Å²) >= 11 is 0. The van der Waals surface area contributed by atoms with Gasteiger partial charge in [0.05, 0.1) is 20.2 Å². The van der Waals surface area contributed by atoms with Gasteiger partial charge in [-0.15, -0.1) is 0 Å². The Morgan fingerprint density at radius 3 is 2.61 bits per heavy atom. The zero-order valence-corrected chi connectivity index (χ0v) is 19.2. The van der Waals surface area contributed by atoms with Gasteiger partial charge in [-0.25, -0.2) is 14.4 Å². The van der Waals surface area contributed by atoms with Gasteiger partial charge in [0.15, 0.2) is 11.5 Å². The van der Waals surface area contributed by atoms with E-state index in [2.05, 4.69) is 6.58 Å². The summed E-state index contributed by atoms with van der Waals surface area (Å²) in [6.45, 7) is 9.93. The van der Waals surface area contributed by atoms with Crippen molar-refractivity contribution in [1.82, 2.24) is 9.80 Å². The molecule has 1 saturated heterocycles. The predicted octanol–water partition coefficient (Wildman–Crippen LogP) is 3.06. The van der Waals surface area contributed by atoms with Crippen LogP contribution in [0.5, 0.6) is 11.5 Å². The fourth-order valence-corrected chi connectivity index (χ4v) is 4.27. The second-order valence-electron chi connectivity index (χ2n) is 9.14. The van der Waals surface area contributed by atoms with Gasteiger partial charge in [-0.2, -0.15) is 0 Å². The Labute approximate surface area is 192 Å². The highest BCUT2D eigenvalue weighted by molar-refractivity contribution is 5.82. The van der Waals surface area contributed by atoms with Crippen LogP contribution in [-0.2, 0) is 32.1 Å². The van der Waals surface area contributed by atoms with Gasteiger partial charge in [0.25, 0.3) is 0 Å². The highest BCUT2D eigenvalue weighted by atomic mass is 16.7. The summed E-state index contributed by atoms with van der Waals surface area (Å²) in [4.78, 5) is 40.6. The number of carbonyl (C=O) groups excluding carboxylic acids is 3. The molecule has 0 radical (unpaired) electrons. The molecule has 1 aromatic carbocycles. The SMILES string of the molecule is C=Cc1c2c(cc3c1OCO3)CN(C(=O)O[C@@H]1C[C@@H](C(=O)OC)N(C(=O)OC(C)(C)C)C1)C2. The molecule has 0 N–H and O–H groups in total.